The molecule has 0 saturated carbocycles. The Bertz CT molecular complexity index is 495. The van der Waals surface area contributed by atoms with Crippen molar-refractivity contribution in [2.24, 2.45) is 0 Å². The molecule has 0 fully saturated rings. The van der Waals surface area contributed by atoms with Crippen LogP contribution < -0.4 is 0 Å². The average molecular weight is 324 g/mol. The number of benzene rings is 1. The molecule has 1 aromatic rings. The minimum absolute atomic E-state index is 0.156. The van der Waals surface area contributed by atoms with Gasteiger partial charge in [-0.25, -0.2) is 8.78 Å². The van der Waals surface area contributed by atoms with Gasteiger partial charge < -0.3 is 10.0 Å². The Labute approximate surface area is 125 Å². The Hall–Kier alpha value is -1.17. The molecule has 0 aliphatic carbocycles. The van der Waals surface area contributed by atoms with E-state index in [9.17, 15) is 13.6 Å². The summed E-state index contributed by atoms with van der Waals surface area (Å²) >= 11 is 11.7. The van der Waals surface area contributed by atoms with E-state index in [0.29, 0.717) is 15.6 Å². The van der Waals surface area contributed by atoms with Crippen molar-refractivity contribution in [3.05, 3.63) is 39.9 Å². The quantitative estimate of drug-likeness (QED) is 0.817. The van der Waals surface area contributed by atoms with Crippen LogP contribution in [0.15, 0.2) is 24.3 Å². The molecule has 3 nitrogen and oxygen atoms in total. The van der Waals surface area contributed by atoms with Crippen molar-refractivity contribution in [1.82, 2.24) is 4.90 Å². The number of carbonyl (C=O) groups excluding carboxylic acids is 1. The van der Waals surface area contributed by atoms with Gasteiger partial charge >= 0.3 is 0 Å². The van der Waals surface area contributed by atoms with Crippen LogP contribution in [0.2, 0.25) is 10.0 Å². The summed E-state index contributed by atoms with van der Waals surface area (Å²) in [5.41, 5.74) is 0.508. The highest BCUT2D eigenvalue weighted by Crippen LogP contribution is 2.21. The predicted octanol–water partition coefficient (Wildman–Crippen LogP) is 3.09. The maximum absolute atomic E-state index is 12.3. The minimum Gasteiger partial charge on any atom is -0.395 e. The second kappa shape index (κ2) is 8.19. The normalized spacial score (nSPS) is 11.3. The molecule has 110 valence electrons. The lowest BCUT2D eigenvalue weighted by molar-refractivity contribution is -0.128. The smallest absolute Gasteiger partial charge is 0.255 e. The number of rotatable bonds is 6. The van der Waals surface area contributed by atoms with Crippen LogP contribution in [0.3, 0.4) is 0 Å². The molecule has 0 spiro atoms. The molecule has 0 heterocycles. The van der Waals surface area contributed by atoms with Crippen LogP contribution in [0, 0.1) is 0 Å². The number of hydrogen-bond donors (Lipinski definition) is 1. The second-order valence-electron chi connectivity index (χ2n) is 3.90. The molecule has 0 bridgehead atoms. The highest BCUT2D eigenvalue weighted by molar-refractivity contribution is 6.34. The standard InChI is InChI=1S/C13H13Cl2F2NO2/c14-10-2-3-11(15)9(7-10)1-4-13(20)18(5-6-19)8-12(16)17/h1-4,7,12,19H,5-6,8H2/b4-1+. The fourth-order valence-corrected chi connectivity index (χ4v) is 1.85. The number of hydrogen-bond acceptors (Lipinski definition) is 2. The summed E-state index contributed by atoms with van der Waals surface area (Å²) in [6.45, 7) is -1.27. The van der Waals surface area contributed by atoms with Crippen LogP contribution in [0.25, 0.3) is 6.08 Å². The minimum atomic E-state index is -2.66. The van der Waals surface area contributed by atoms with Crippen molar-refractivity contribution < 1.29 is 18.7 Å². The summed E-state index contributed by atoms with van der Waals surface area (Å²) in [5, 5.41) is 9.60. The van der Waals surface area contributed by atoms with Crippen LogP contribution >= 0.6 is 23.2 Å². The first-order chi connectivity index (χ1) is 9.43. The first-order valence-electron chi connectivity index (χ1n) is 5.75. The van der Waals surface area contributed by atoms with Gasteiger partial charge in [0.25, 0.3) is 6.43 Å². The van der Waals surface area contributed by atoms with E-state index in [1.54, 1.807) is 18.2 Å². The number of aliphatic hydroxyl groups excluding tert-OH is 1. The molecule has 1 N–H and O–H groups in total. The van der Waals surface area contributed by atoms with Gasteiger partial charge in [0.15, 0.2) is 0 Å². The van der Waals surface area contributed by atoms with Gasteiger partial charge in [-0.05, 0) is 29.8 Å². The molecule has 0 aliphatic rings. The first-order valence-corrected chi connectivity index (χ1v) is 6.50. The number of aliphatic hydroxyl groups is 1. The third kappa shape index (κ3) is 5.45. The number of nitrogens with zero attached hydrogens (tertiary/aromatic N) is 1. The van der Waals surface area contributed by atoms with Crippen molar-refractivity contribution in [2.45, 2.75) is 6.43 Å². The number of amides is 1. The largest absolute Gasteiger partial charge is 0.395 e. The van der Waals surface area contributed by atoms with Crippen LogP contribution in [-0.4, -0.2) is 42.0 Å². The van der Waals surface area contributed by atoms with Gasteiger partial charge in [-0.1, -0.05) is 23.2 Å². The van der Waals surface area contributed by atoms with Crippen molar-refractivity contribution in [1.29, 1.82) is 0 Å². The fraction of sp³-hybridized carbons (Fsp3) is 0.308. The highest BCUT2D eigenvalue weighted by Gasteiger charge is 2.15. The lowest BCUT2D eigenvalue weighted by atomic mass is 10.2. The molecule has 1 rings (SSSR count). The maximum Gasteiger partial charge on any atom is 0.255 e. The highest BCUT2D eigenvalue weighted by atomic mass is 35.5. The molecule has 7 heteroatoms. The molecule has 20 heavy (non-hydrogen) atoms. The van der Waals surface area contributed by atoms with Crippen LogP contribution in [-0.2, 0) is 4.79 Å². The first kappa shape index (κ1) is 16.9. The molecule has 0 aromatic heterocycles. The second-order valence-corrected chi connectivity index (χ2v) is 4.74. The Morgan fingerprint density at radius 3 is 2.70 bits per heavy atom. The Balaban J connectivity index is 2.80. The van der Waals surface area contributed by atoms with Gasteiger partial charge in [-0.2, -0.15) is 0 Å². The van der Waals surface area contributed by atoms with Gasteiger partial charge in [0.2, 0.25) is 5.91 Å². The van der Waals surface area contributed by atoms with Crippen LogP contribution in [0.4, 0.5) is 8.78 Å². The van der Waals surface area contributed by atoms with Gasteiger partial charge in [0.1, 0.15) is 0 Å². The third-order valence-electron chi connectivity index (χ3n) is 2.40. The van der Waals surface area contributed by atoms with E-state index in [4.69, 9.17) is 28.3 Å². The number of halogens is 4. The summed E-state index contributed by atoms with van der Waals surface area (Å²) in [7, 11) is 0. The molecule has 0 unspecified atom stereocenters. The zero-order valence-electron chi connectivity index (χ0n) is 10.4. The number of alkyl halides is 2. The summed E-state index contributed by atoms with van der Waals surface area (Å²) in [5.74, 6) is -0.629. The fourth-order valence-electron chi connectivity index (χ4n) is 1.49. The van der Waals surface area contributed by atoms with Crippen molar-refractivity contribution in [2.75, 3.05) is 19.7 Å². The molecule has 1 amide bonds. The molecule has 0 radical (unpaired) electrons. The topological polar surface area (TPSA) is 40.5 Å². The monoisotopic (exact) mass is 323 g/mol. The van der Waals surface area contributed by atoms with Gasteiger partial charge in [0, 0.05) is 22.7 Å². The SMILES string of the molecule is O=C(/C=C/c1cc(Cl)ccc1Cl)N(CCO)CC(F)F. The zero-order chi connectivity index (χ0) is 15.1. The Morgan fingerprint density at radius 2 is 2.10 bits per heavy atom. The van der Waals surface area contributed by atoms with Gasteiger partial charge in [0.05, 0.1) is 13.2 Å². The van der Waals surface area contributed by atoms with Crippen LogP contribution in [0.5, 0.6) is 0 Å². The molecule has 1 aromatic carbocycles. The summed E-state index contributed by atoms with van der Waals surface area (Å²) in [4.78, 5) is 12.6. The molecule has 0 atom stereocenters. The van der Waals surface area contributed by atoms with Gasteiger partial charge in [-0.3, -0.25) is 4.79 Å². The predicted molar refractivity (Wildman–Crippen MR) is 75.2 cm³/mol. The third-order valence-corrected chi connectivity index (χ3v) is 2.98. The van der Waals surface area contributed by atoms with E-state index < -0.39 is 18.9 Å². The summed E-state index contributed by atoms with van der Waals surface area (Å²) in [6, 6.07) is 4.72. The Morgan fingerprint density at radius 1 is 1.40 bits per heavy atom. The summed E-state index contributed by atoms with van der Waals surface area (Å²) < 4.78 is 24.6. The number of carbonyl (C=O) groups is 1. The molecular weight excluding hydrogens is 311 g/mol. The molecular formula is C13H13Cl2F2NO2. The van der Waals surface area contributed by atoms with E-state index in [1.807, 2.05) is 0 Å². The van der Waals surface area contributed by atoms with E-state index >= 15 is 0 Å². The van der Waals surface area contributed by atoms with E-state index in [-0.39, 0.29) is 13.2 Å². The average Bonchev–Trinajstić information content (AvgIpc) is 2.38. The Kier molecular flexibility index (Phi) is 6.91. The van der Waals surface area contributed by atoms with E-state index in [2.05, 4.69) is 0 Å². The van der Waals surface area contributed by atoms with Gasteiger partial charge in [-0.15, -0.1) is 0 Å². The summed E-state index contributed by atoms with van der Waals surface area (Å²) in [6.07, 6.45) is -0.143. The van der Waals surface area contributed by atoms with Crippen LogP contribution in [0.1, 0.15) is 5.56 Å². The van der Waals surface area contributed by atoms with Crippen molar-refractivity contribution >= 4 is 35.2 Å². The van der Waals surface area contributed by atoms with E-state index in [0.717, 1.165) is 11.0 Å². The lowest BCUT2D eigenvalue weighted by Crippen LogP contribution is -2.36. The molecule has 0 saturated heterocycles. The van der Waals surface area contributed by atoms with Crippen molar-refractivity contribution in [3.63, 3.8) is 0 Å². The molecule has 0 aliphatic heterocycles. The van der Waals surface area contributed by atoms with Crippen molar-refractivity contribution in [3.8, 4) is 0 Å². The lowest BCUT2D eigenvalue weighted by Gasteiger charge is -2.19. The van der Waals surface area contributed by atoms with E-state index in [1.165, 1.54) is 6.08 Å². The zero-order valence-corrected chi connectivity index (χ0v) is 11.9. The maximum atomic E-state index is 12.3.